The maximum Gasteiger partial charge on any atom is 0.163 e. The van der Waals surface area contributed by atoms with Crippen molar-refractivity contribution in [3.8, 4) is 6.07 Å². The highest BCUT2D eigenvalue weighted by Crippen LogP contribution is 2.46. The summed E-state index contributed by atoms with van der Waals surface area (Å²) in [5, 5.41) is 8.83. The summed E-state index contributed by atoms with van der Waals surface area (Å²) in [4.78, 5) is 0. The topological polar surface area (TPSA) is 54.7 Å². The highest BCUT2D eigenvalue weighted by molar-refractivity contribution is 7.50. The zero-order chi connectivity index (χ0) is 15.7. The van der Waals surface area contributed by atoms with E-state index in [1.165, 1.54) is 0 Å². The van der Waals surface area contributed by atoms with E-state index in [0.717, 1.165) is 6.16 Å². The summed E-state index contributed by atoms with van der Waals surface area (Å²) < 4.78 is 19.0. The van der Waals surface area contributed by atoms with Crippen molar-refractivity contribution in [2.24, 2.45) is 0 Å². The Balaban J connectivity index is 4.73. The molecule has 0 fully saturated rings. The smallest absolute Gasteiger partial charge is 0.163 e. The SMILES string of the molecule is COC(C)OC(C)OP(CCC#N)N(C(C)C)C(C)C. The Bertz CT molecular complexity index is 287. The van der Waals surface area contributed by atoms with Crippen LogP contribution in [0.15, 0.2) is 0 Å². The quantitative estimate of drug-likeness (QED) is 0.455. The second-order valence-corrected chi connectivity index (χ2v) is 6.99. The van der Waals surface area contributed by atoms with Crippen LogP contribution in [-0.4, -0.2) is 42.6 Å². The molecular weight excluding hydrogens is 275 g/mol. The van der Waals surface area contributed by atoms with Gasteiger partial charge in [0.15, 0.2) is 12.6 Å². The van der Waals surface area contributed by atoms with Crippen LogP contribution < -0.4 is 0 Å². The normalized spacial score (nSPS) is 16.4. The first-order valence-electron chi connectivity index (χ1n) is 7.11. The monoisotopic (exact) mass is 304 g/mol. The van der Waals surface area contributed by atoms with Crippen molar-refractivity contribution in [3.63, 3.8) is 0 Å². The predicted molar refractivity (Wildman–Crippen MR) is 82.2 cm³/mol. The molecule has 0 aromatic rings. The Kier molecular flexibility index (Phi) is 10.4. The van der Waals surface area contributed by atoms with Crippen LogP contribution in [0.1, 0.15) is 48.0 Å². The van der Waals surface area contributed by atoms with Gasteiger partial charge in [-0.2, -0.15) is 5.26 Å². The molecule has 0 aliphatic rings. The minimum absolute atomic E-state index is 0.302. The molecule has 0 heterocycles. The third-order valence-electron chi connectivity index (χ3n) is 2.72. The van der Waals surface area contributed by atoms with Gasteiger partial charge in [0, 0.05) is 31.8 Å². The van der Waals surface area contributed by atoms with Crippen molar-refractivity contribution < 1.29 is 14.0 Å². The van der Waals surface area contributed by atoms with Gasteiger partial charge in [-0.1, -0.05) is 0 Å². The summed E-state index contributed by atoms with van der Waals surface area (Å²) in [5.41, 5.74) is 0. The Hall–Kier alpha value is -0.240. The van der Waals surface area contributed by atoms with Crippen LogP contribution in [0.5, 0.6) is 0 Å². The van der Waals surface area contributed by atoms with Gasteiger partial charge in [0.1, 0.15) is 8.30 Å². The molecule has 0 N–H and O–H groups in total. The molecule has 0 amide bonds. The lowest BCUT2D eigenvalue weighted by Crippen LogP contribution is -2.35. The number of nitrogens with zero attached hydrogens (tertiary/aromatic N) is 2. The molecule has 118 valence electrons. The Morgan fingerprint density at radius 2 is 1.60 bits per heavy atom. The maximum absolute atomic E-state index is 8.83. The molecule has 3 unspecified atom stereocenters. The summed E-state index contributed by atoms with van der Waals surface area (Å²) in [7, 11) is 0.748. The lowest BCUT2D eigenvalue weighted by atomic mass is 10.3. The van der Waals surface area contributed by atoms with E-state index in [2.05, 4.69) is 38.4 Å². The minimum Gasteiger partial charge on any atom is -0.356 e. The van der Waals surface area contributed by atoms with Gasteiger partial charge in [-0.05, 0) is 41.5 Å². The van der Waals surface area contributed by atoms with Crippen LogP contribution in [-0.2, 0) is 14.0 Å². The summed E-state index contributed by atoms with van der Waals surface area (Å²) in [6.45, 7) is 12.3. The van der Waals surface area contributed by atoms with E-state index in [9.17, 15) is 0 Å². The fourth-order valence-corrected chi connectivity index (χ4v) is 4.16. The highest BCUT2D eigenvalue weighted by atomic mass is 31.2. The Morgan fingerprint density at radius 1 is 1.05 bits per heavy atom. The van der Waals surface area contributed by atoms with Gasteiger partial charge in [0.2, 0.25) is 0 Å². The molecule has 20 heavy (non-hydrogen) atoms. The van der Waals surface area contributed by atoms with Crippen LogP contribution in [0.25, 0.3) is 0 Å². The van der Waals surface area contributed by atoms with Crippen molar-refractivity contribution in [3.05, 3.63) is 0 Å². The van der Waals surface area contributed by atoms with Crippen molar-refractivity contribution in [1.82, 2.24) is 4.67 Å². The second-order valence-electron chi connectivity index (χ2n) is 5.16. The average Bonchev–Trinajstić information content (AvgIpc) is 2.34. The molecule has 0 aliphatic heterocycles. The van der Waals surface area contributed by atoms with Gasteiger partial charge in [0.05, 0.1) is 6.07 Å². The van der Waals surface area contributed by atoms with Gasteiger partial charge < -0.3 is 14.0 Å². The molecular formula is C14H29N2O3P. The second kappa shape index (κ2) is 10.5. The first-order valence-corrected chi connectivity index (χ1v) is 8.51. The molecule has 5 nitrogen and oxygen atoms in total. The van der Waals surface area contributed by atoms with Crippen LogP contribution >= 0.6 is 8.30 Å². The van der Waals surface area contributed by atoms with Gasteiger partial charge in [-0.25, -0.2) is 0 Å². The zero-order valence-corrected chi connectivity index (χ0v) is 14.7. The van der Waals surface area contributed by atoms with E-state index in [0.29, 0.717) is 18.5 Å². The van der Waals surface area contributed by atoms with Gasteiger partial charge in [-0.15, -0.1) is 0 Å². The third-order valence-corrected chi connectivity index (χ3v) is 5.30. The molecule has 0 aromatic heterocycles. The molecule has 6 heteroatoms. The van der Waals surface area contributed by atoms with Crippen LogP contribution in [0, 0.1) is 11.3 Å². The number of nitriles is 1. The molecule has 3 atom stereocenters. The summed E-state index contributed by atoms with van der Waals surface area (Å²) in [6.07, 6.45) is 0.574. The van der Waals surface area contributed by atoms with E-state index in [4.69, 9.17) is 19.3 Å². The minimum atomic E-state index is -0.854. The molecule has 0 aromatic carbocycles. The van der Waals surface area contributed by atoms with Crippen LogP contribution in [0.4, 0.5) is 0 Å². The molecule has 0 rings (SSSR count). The van der Waals surface area contributed by atoms with Crippen molar-refractivity contribution in [1.29, 1.82) is 5.26 Å². The summed E-state index contributed by atoms with van der Waals surface area (Å²) in [6, 6.07) is 2.94. The first kappa shape index (κ1) is 19.8. The largest absolute Gasteiger partial charge is 0.356 e. The van der Waals surface area contributed by atoms with Gasteiger partial charge >= 0.3 is 0 Å². The zero-order valence-electron chi connectivity index (χ0n) is 13.8. The lowest BCUT2D eigenvalue weighted by molar-refractivity contribution is -0.192. The van der Waals surface area contributed by atoms with E-state index in [-0.39, 0.29) is 12.6 Å². The van der Waals surface area contributed by atoms with Crippen molar-refractivity contribution >= 4 is 8.30 Å². The number of rotatable bonds is 10. The molecule has 0 bridgehead atoms. The summed E-state index contributed by atoms with van der Waals surface area (Å²) in [5.74, 6) is 0. The number of methoxy groups -OCH3 is 1. The number of hydrogen-bond donors (Lipinski definition) is 0. The lowest BCUT2D eigenvalue weighted by Gasteiger charge is -2.38. The number of hydrogen-bond acceptors (Lipinski definition) is 5. The van der Waals surface area contributed by atoms with Crippen LogP contribution in [0.3, 0.4) is 0 Å². The molecule has 0 aliphatic carbocycles. The standard InChI is InChI=1S/C14H29N2O3P/c1-11(2)16(12(3)4)20(10-8-9-15)19-14(6)18-13(5)17-7/h11-14H,8,10H2,1-7H3. The van der Waals surface area contributed by atoms with E-state index < -0.39 is 8.30 Å². The van der Waals surface area contributed by atoms with Gasteiger partial charge in [-0.3, -0.25) is 4.67 Å². The molecule has 0 spiro atoms. The predicted octanol–water partition coefficient (Wildman–Crippen LogP) is 3.70. The maximum atomic E-state index is 8.83. The van der Waals surface area contributed by atoms with Crippen molar-refractivity contribution in [2.45, 2.75) is 72.6 Å². The van der Waals surface area contributed by atoms with E-state index in [1.54, 1.807) is 7.11 Å². The highest BCUT2D eigenvalue weighted by Gasteiger charge is 2.27. The molecule has 0 radical (unpaired) electrons. The Morgan fingerprint density at radius 3 is 2.00 bits per heavy atom. The van der Waals surface area contributed by atoms with E-state index >= 15 is 0 Å². The summed E-state index contributed by atoms with van der Waals surface area (Å²) >= 11 is 0. The molecule has 0 saturated heterocycles. The van der Waals surface area contributed by atoms with E-state index in [1.807, 2.05) is 13.8 Å². The first-order chi connectivity index (χ1) is 9.33. The average molecular weight is 304 g/mol. The fraction of sp³-hybridized carbons (Fsp3) is 0.929. The van der Waals surface area contributed by atoms with Gasteiger partial charge in [0.25, 0.3) is 0 Å². The van der Waals surface area contributed by atoms with Crippen LogP contribution in [0.2, 0.25) is 0 Å². The molecule has 0 saturated carbocycles. The fourth-order valence-electron chi connectivity index (χ4n) is 2.00. The number of ether oxygens (including phenoxy) is 2. The van der Waals surface area contributed by atoms with Crippen molar-refractivity contribution in [2.75, 3.05) is 13.3 Å². The third kappa shape index (κ3) is 7.52. The Labute approximate surface area is 125 Å².